The maximum absolute atomic E-state index is 3.86. The molecule has 0 atom stereocenters. The predicted molar refractivity (Wildman–Crippen MR) is 63.6 cm³/mol. The van der Waals surface area contributed by atoms with Crippen LogP contribution in [0.25, 0.3) is 11.1 Å². The van der Waals surface area contributed by atoms with Gasteiger partial charge in [-0.2, -0.15) is 24.6 Å². The van der Waals surface area contributed by atoms with Crippen LogP contribution in [0.4, 0.5) is 0 Å². The fraction of sp³-hybridized carbons (Fsp3) is 0. The van der Waals surface area contributed by atoms with Gasteiger partial charge in [0.15, 0.2) is 0 Å². The summed E-state index contributed by atoms with van der Waals surface area (Å²) in [6.07, 6.45) is 0. The first kappa shape index (κ1) is 14.2. The average molecular weight is 269 g/mol. The van der Waals surface area contributed by atoms with Crippen LogP contribution in [0.15, 0.2) is 54.6 Å². The van der Waals surface area contributed by atoms with Crippen LogP contribution in [0.1, 0.15) is 5.56 Å². The maximum atomic E-state index is 3.86. The minimum Gasteiger partial charge on any atom is -0.199 e. The summed E-state index contributed by atoms with van der Waals surface area (Å²) in [7, 11) is 0. The van der Waals surface area contributed by atoms with Gasteiger partial charge in [0.25, 0.3) is 0 Å². The smallest absolute Gasteiger partial charge is 0 e. The van der Waals surface area contributed by atoms with E-state index < -0.39 is 0 Å². The van der Waals surface area contributed by atoms with Gasteiger partial charge in [0.05, 0.1) is 0 Å². The van der Waals surface area contributed by atoms with Gasteiger partial charge in [-0.25, -0.2) is 0 Å². The second-order valence-electron chi connectivity index (χ2n) is 3.06. The van der Waals surface area contributed by atoms with E-state index in [1.54, 1.807) is 0 Å². The summed E-state index contributed by atoms with van der Waals surface area (Å²) in [6, 6.07) is 18.6. The Morgan fingerprint density at radius 2 is 1.13 bits per heavy atom. The molecule has 0 fully saturated rings. The summed E-state index contributed by atoms with van der Waals surface area (Å²) in [5.74, 6) is 0. The summed E-state index contributed by atoms with van der Waals surface area (Å²) in [5, 5.41) is 0. The molecule has 0 saturated heterocycles. The molecule has 0 heterocycles. The standard InChI is InChI=1S/C13H11.ClH.Zn/c1-11-7-9-13(10-8-11)12-5-3-2-4-6-12;;/h2-10H,1H2;1H;/q-1;;. The maximum Gasteiger partial charge on any atom is 0 e. The van der Waals surface area contributed by atoms with Crippen molar-refractivity contribution in [1.29, 1.82) is 0 Å². The monoisotopic (exact) mass is 267 g/mol. The molecule has 0 amide bonds. The van der Waals surface area contributed by atoms with Crippen molar-refractivity contribution in [2.45, 2.75) is 0 Å². The van der Waals surface area contributed by atoms with E-state index >= 15 is 0 Å². The van der Waals surface area contributed by atoms with E-state index in [4.69, 9.17) is 0 Å². The van der Waals surface area contributed by atoms with Gasteiger partial charge in [0.2, 0.25) is 0 Å². The van der Waals surface area contributed by atoms with Crippen LogP contribution in [0, 0.1) is 6.92 Å². The van der Waals surface area contributed by atoms with E-state index in [0.29, 0.717) is 0 Å². The predicted octanol–water partition coefficient (Wildman–Crippen LogP) is 3.96. The molecule has 0 N–H and O–H groups in total. The SMILES string of the molecule is Cl.[CH2-]c1ccc(-c2ccccc2)cc1.[Zn]. The van der Waals surface area contributed by atoms with Crippen LogP contribution in [0.2, 0.25) is 0 Å². The van der Waals surface area contributed by atoms with E-state index in [-0.39, 0.29) is 31.9 Å². The minimum atomic E-state index is 0. The Balaban J connectivity index is 0.000000980. The molecular formula is C13H12ClZn-. The second-order valence-corrected chi connectivity index (χ2v) is 3.06. The fourth-order valence-electron chi connectivity index (χ4n) is 1.33. The molecule has 0 aliphatic carbocycles. The van der Waals surface area contributed by atoms with Crippen LogP contribution < -0.4 is 0 Å². The van der Waals surface area contributed by atoms with Crippen molar-refractivity contribution in [3.05, 3.63) is 67.1 Å². The van der Waals surface area contributed by atoms with Gasteiger partial charge in [-0.3, -0.25) is 0 Å². The number of hydrogen-bond acceptors (Lipinski definition) is 0. The van der Waals surface area contributed by atoms with E-state index in [1.807, 2.05) is 30.3 Å². The molecule has 0 nitrogen and oxygen atoms in total. The topological polar surface area (TPSA) is 0 Å². The molecule has 0 unspecified atom stereocenters. The first-order valence-corrected chi connectivity index (χ1v) is 4.34. The van der Waals surface area contributed by atoms with Crippen LogP contribution in [0.3, 0.4) is 0 Å². The Morgan fingerprint density at radius 1 is 0.667 bits per heavy atom. The molecule has 0 spiro atoms. The molecule has 2 heteroatoms. The summed E-state index contributed by atoms with van der Waals surface area (Å²) in [5.41, 5.74) is 3.55. The molecular weight excluding hydrogens is 257 g/mol. The zero-order valence-corrected chi connectivity index (χ0v) is 12.3. The molecule has 2 aromatic carbocycles. The van der Waals surface area contributed by atoms with Gasteiger partial charge in [-0.15, -0.1) is 24.5 Å². The number of hydrogen-bond donors (Lipinski definition) is 0. The molecule has 15 heavy (non-hydrogen) atoms. The van der Waals surface area contributed by atoms with Crippen LogP contribution >= 0.6 is 12.4 Å². The Morgan fingerprint density at radius 3 is 1.67 bits per heavy atom. The van der Waals surface area contributed by atoms with E-state index in [1.165, 1.54) is 11.1 Å². The van der Waals surface area contributed by atoms with Crippen LogP contribution in [0.5, 0.6) is 0 Å². The van der Waals surface area contributed by atoms with Crippen LogP contribution in [-0.2, 0) is 19.5 Å². The van der Waals surface area contributed by atoms with Gasteiger partial charge < -0.3 is 0 Å². The zero-order chi connectivity index (χ0) is 9.10. The normalized spacial score (nSPS) is 8.53. The van der Waals surface area contributed by atoms with Crippen molar-refractivity contribution in [1.82, 2.24) is 0 Å². The van der Waals surface area contributed by atoms with E-state index in [9.17, 15) is 0 Å². The molecule has 0 saturated carbocycles. The average Bonchev–Trinajstić information content (AvgIpc) is 2.20. The molecule has 0 aliphatic rings. The fourth-order valence-corrected chi connectivity index (χ4v) is 1.33. The number of rotatable bonds is 1. The third-order valence-corrected chi connectivity index (χ3v) is 2.06. The van der Waals surface area contributed by atoms with E-state index in [0.717, 1.165) is 5.56 Å². The van der Waals surface area contributed by atoms with Gasteiger partial charge in [-0.1, -0.05) is 30.3 Å². The molecule has 0 aromatic heterocycles. The largest absolute Gasteiger partial charge is 0.199 e. The zero-order valence-electron chi connectivity index (χ0n) is 8.52. The first-order chi connectivity index (χ1) is 6.36. The van der Waals surface area contributed by atoms with Crippen molar-refractivity contribution in [3.8, 4) is 11.1 Å². The van der Waals surface area contributed by atoms with Crippen molar-refractivity contribution < 1.29 is 19.5 Å². The second kappa shape index (κ2) is 6.66. The molecule has 0 bridgehead atoms. The van der Waals surface area contributed by atoms with Gasteiger partial charge >= 0.3 is 0 Å². The van der Waals surface area contributed by atoms with Gasteiger partial charge in [0.1, 0.15) is 0 Å². The summed E-state index contributed by atoms with van der Waals surface area (Å²) < 4.78 is 0. The Kier molecular flexibility index (Phi) is 6.32. The summed E-state index contributed by atoms with van der Waals surface area (Å²) >= 11 is 0. The van der Waals surface area contributed by atoms with Crippen molar-refractivity contribution in [2.24, 2.45) is 0 Å². The third-order valence-electron chi connectivity index (χ3n) is 2.06. The summed E-state index contributed by atoms with van der Waals surface area (Å²) in [4.78, 5) is 0. The van der Waals surface area contributed by atoms with Crippen molar-refractivity contribution >= 4 is 12.4 Å². The molecule has 2 rings (SSSR count). The quantitative estimate of drug-likeness (QED) is 0.543. The van der Waals surface area contributed by atoms with Crippen molar-refractivity contribution in [2.75, 3.05) is 0 Å². The van der Waals surface area contributed by atoms with E-state index in [2.05, 4.69) is 31.2 Å². The molecule has 74 valence electrons. The Hall–Kier alpha value is -0.777. The third kappa shape index (κ3) is 3.70. The number of halogens is 1. The minimum absolute atomic E-state index is 0. The van der Waals surface area contributed by atoms with Gasteiger partial charge in [0, 0.05) is 19.5 Å². The molecule has 0 radical (unpaired) electrons. The Labute approximate surface area is 110 Å². The molecule has 0 aliphatic heterocycles. The Bertz CT molecular complexity index is 381. The molecule has 2 aromatic rings. The summed E-state index contributed by atoms with van der Waals surface area (Å²) in [6.45, 7) is 3.86. The van der Waals surface area contributed by atoms with Crippen LogP contribution in [-0.4, -0.2) is 0 Å². The first-order valence-electron chi connectivity index (χ1n) is 4.34. The number of benzene rings is 2. The van der Waals surface area contributed by atoms with Crippen molar-refractivity contribution in [3.63, 3.8) is 0 Å². The van der Waals surface area contributed by atoms with Gasteiger partial charge in [-0.05, 0) is 11.1 Å².